The Hall–Kier alpha value is -5.22. The van der Waals surface area contributed by atoms with Gasteiger partial charge in [0.1, 0.15) is 0 Å². The van der Waals surface area contributed by atoms with Gasteiger partial charge in [0.25, 0.3) is 0 Å². The summed E-state index contributed by atoms with van der Waals surface area (Å²) in [5.41, 5.74) is 14.8. The fraction of sp³-hybridized carbons (Fsp3) is 0.150. The Bertz CT molecular complexity index is 1750. The van der Waals surface area contributed by atoms with Crippen LogP contribution in [0.1, 0.15) is 45.9 Å². The normalized spacial score (nSPS) is 12.8. The van der Waals surface area contributed by atoms with Crippen LogP contribution >= 0.6 is 0 Å². The molecule has 0 spiro atoms. The summed E-state index contributed by atoms with van der Waals surface area (Å²) in [6.07, 6.45) is 5.07. The molecule has 0 amide bonds. The highest BCUT2D eigenvalue weighted by Crippen LogP contribution is 2.31. The number of fused-ring (bicyclic) bond motifs is 1. The Morgan fingerprint density at radius 1 is 0.568 bits per heavy atom. The molecule has 0 radical (unpaired) electrons. The number of hydrogen-bond donors (Lipinski definition) is 0. The standard InChI is InChI=1S/C40H38N4/c1-28-6-16-37(17-7-28)43(38-18-8-29(2)9-19-38)41-27-33-14-15-34-25-35(26-36(34)24-33)32(5)42-44(39-20-10-30(3)11-21-39)40-22-12-31(4)13-23-40/h6-24,26-27H,25H2,1-5H3/b41-27+,42-32+. The molecule has 5 aromatic rings. The Balaban J connectivity index is 1.28. The molecule has 1 aliphatic carbocycles. The van der Waals surface area contributed by atoms with Crippen LogP contribution in [0.25, 0.3) is 6.08 Å². The summed E-state index contributed by atoms with van der Waals surface area (Å²) in [7, 11) is 0. The van der Waals surface area contributed by atoms with Crippen molar-refractivity contribution in [3.63, 3.8) is 0 Å². The molecule has 44 heavy (non-hydrogen) atoms. The average Bonchev–Trinajstić information content (AvgIpc) is 3.46. The second-order valence-corrected chi connectivity index (χ2v) is 11.7. The molecule has 1 aliphatic rings. The van der Waals surface area contributed by atoms with Crippen LogP contribution in [0.3, 0.4) is 0 Å². The molecule has 0 N–H and O–H groups in total. The van der Waals surface area contributed by atoms with Crippen molar-refractivity contribution >= 4 is 40.8 Å². The van der Waals surface area contributed by atoms with Gasteiger partial charge >= 0.3 is 0 Å². The average molecular weight is 575 g/mol. The molecule has 0 saturated heterocycles. The lowest BCUT2D eigenvalue weighted by Gasteiger charge is -2.21. The zero-order valence-electron chi connectivity index (χ0n) is 26.1. The lowest BCUT2D eigenvalue weighted by Crippen LogP contribution is -2.13. The van der Waals surface area contributed by atoms with Gasteiger partial charge in [0.15, 0.2) is 0 Å². The van der Waals surface area contributed by atoms with Crippen molar-refractivity contribution in [2.24, 2.45) is 10.2 Å². The number of hydrogen-bond acceptors (Lipinski definition) is 4. The van der Waals surface area contributed by atoms with Gasteiger partial charge < -0.3 is 0 Å². The summed E-state index contributed by atoms with van der Waals surface area (Å²) in [6.45, 7) is 10.5. The predicted octanol–water partition coefficient (Wildman–Crippen LogP) is 10.2. The summed E-state index contributed by atoms with van der Waals surface area (Å²) >= 11 is 0. The zero-order chi connectivity index (χ0) is 30.6. The number of aryl methyl sites for hydroxylation is 4. The molecule has 4 nitrogen and oxygen atoms in total. The first-order valence-electron chi connectivity index (χ1n) is 15.1. The number of allylic oxidation sites excluding steroid dienone is 1. The molecule has 0 fully saturated rings. The summed E-state index contributed by atoms with van der Waals surface area (Å²) in [5, 5.41) is 14.1. The van der Waals surface area contributed by atoms with E-state index in [4.69, 9.17) is 10.2 Å². The van der Waals surface area contributed by atoms with E-state index < -0.39 is 0 Å². The van der Waals surface area contributed by atoms with Gasteiger partial charge in [-0.15, -0.1) is 0 Å². The van der Waals surface area contributed by atoms with Crippen molar-refractivity contribution in [3.8, 4) is 0 Å². The van der Waals surface area contributed by atoms with E-state index >= 15 is 0 Å². The summed E-state index contributed by atoms with van der Waals surface area (Å²) in [4.78, 5) is 0. The molecular weight excluding hydrogens is 536 g/mol. The van der Waals surface area contributed by atoms with Crippen LogP contribution in [-0.4, -0.2) is 11.9 Å². The number of hydrazone groups is 2. The van der Waals surface area contributed by atoms with Gasteiger partial charge in [-0.25, -0.2) is 10.0 Å². The van der Waals surface area contributed by atoms with Crippen LogP contribution in [0.15, 0.2) is 131 Å². The molecule has 4 heteroatoms. The van der Waals surface area contributed by atoms with E-state index in [1.54, 1.807) is 0 Å². The van der Waals surface area contributed by atoms with Crippen LogP contribution in [0, 0.1) is 27.7 Å². The van der Waals surface area contributed by atoms with Gasteiger partial charge in [0.05, 0.1) is 34.7 Å². The number of anilines is 4. The molecule has 0 atom stereocenters. The Morgan fingerprint density at radius 3 is 1.45 bits per heavy atom. The molecule has 5 aromatic carbocycles. The monoisotopic (exact) mass is 574 g/mol. The molecule has 0 bridgehead atoms. The van der Waals surface area contributed by atoms with Crippen LogP contribution in [0.5, 0.6) is 0 Å². The Labute approximate surface area is 261 Å². The van der Waals surface area contributed by atoms with E-state index in [1.807, 2.05) is 16.2 Å². The SMILES string of the molecule is C/C(=N\N(c1ccc(C)cc1)c1ccc(C)cc1)C1=Cc2cc(/C=N/N(c3ccc(C)cc3)c3ccc(C)cc3)ccc2C1. The van der Waals surface area contributed by atoms with E-state index in [9.17, 15) is 0 Å². The molecular formula is C40H38N4. The molecule has 0 heterocycles. The maximum Gasteiger partial charge on any atom is 0.0652 e. The highest BCUT2D eigenvalue weighted by molar-refractivity contribution is 6.05. The van der Waals surface area contributed by atoms with Gasteiger partial charge in [-0.3, -0.25) is 0 Å². The number of rotatable bonds is 8. The van der Waals surface area contributed by atoms with Crippen LogP contribution in [-0.2, 0) is 6.42 Å². The van der Waals surface area contributed by atoms with Crippen molar-refractivity contribution in [1.82, 2.24) is 0 Å². The first kappa shape index (κ1) is 28.9. The van der Waals surface area contributed by atoms with E-state index in [2.05, 4.69) is 156 Å². The van der Waals surface area contributed by atoms with E-state index in [0.29, 0.717) is 0 Å². The molecule has 0 unspecified atom stereocenters. The van der Waals surface area contributed by atoms with Crippen molar-refractivity contribution in [3.05, 3.63) is 160 Å². The van der Waals surface area contributed by atoms with Crippen molar-refractivity contribution < 1.29 is 0 Å². The van der Waals surface area contributed by atoms with Gasteiger partial charge in [0.2, 0.25) is 0 Å². The fourth-order valence-electron chi connectivity index (χ4n) is 5.29. The second kappa shape index (κ2) is 12.6. The fourth-order valence-corrected chi connectivity index (χ4v) is 5.29. The molecule has 0 aromatic heterocycles. The van der Waals surface area contributed by atoms with Gasteiger partial charge in [-0.2, -0.15) is 10.2 Å². The van der Waals surface area contributed by atoms with Gasteiger partial charge in [-0.05, 0) is 124 Å². The van der Waals surface area contributed by atoms with E-state index in [-0.39, 0.29) is 0 Å². The predicted molar refractivity (Wildman–Crippen MR) is 188 cm³/mol. The smallest absolute Gasteiger partial charge is 0.0652 e. The minimum atomic E-state index is 0.858. The largest absolute Gasteiger partial charge is 0.234 e. The second-order valence-electron chi connectivity index (χ2n) is 11.7. The van der Waals surface area contributed by atoms with Crippen molar-refractivity contribution in [1.29, 1.82) is 0 Å². The lowest BCUT2D eigenvalue weighted by atomic mass is 10.1. The summed E-state index contributed by atoms with van der Waals surface area (Å²) < 4.78 is 0. The maximum absolute atomic E-state index is 5.15. The molecule has 0 aliphatic heterocycles. The van der Waals surface area contributed by atoms with E-state index in [1.165, 1.54) is 39.0 Å². The summed E-state index contributed by atoms with van der Waals surface area (Å²) in [5.74, 6) is 0. The minimum Gasteiger partial charge on any atom is -0.234 e. The van der Waals surface area contributed by atoms with Crippen LogP contribution in [0.4, 0.5) is 22.7 Å². The van der Waals surface area contributed by atoms with Crippen molar-refractivity contribution in [2.75, 3.05) is 10.0 Å². The zero-order valence-corrected chi connectivity index (χ0v) is 26.1. The summed E-state index contributed by atoms with van der Waals surface area (Å²) in [6, 6.07) is 40.6. The van der Waals surface area contributed by atoms with Crippen molar-refractivity contribution in [2.45, 2.75) is 41.0 Å². The third kappa shape index (κ3) is 6.55. The molecule has 218 valence electrons. The van der Waals surface area contributed by atoms with Crippen LogP contribution in [0.2, 0.25) is 0 Å². The maximum atomic E-state index is 5.15. The number of nitrogens with zero attached hydrogens (tertiary/aromatic N) is 4. The van der Waals surface area contributed by atoms with E-state index in [0.717, 1.165) is 40.4 Å². The van der Waals surface area contributed by atoms with Crippen LogP contribution < -0.4 is 10.0 Å². The first-order chi connectivity index (χ1) is 21.3. The van der Waals surface area contributed by atoms with Gasteiger partial charge in [-0.1, -0.05) is 82.9 Å². The highest BCUT2D eigenvalue weighted by Gasteiger charge is 2.17. The topological polar surface area (TPSA) is 31.2 Å². The quantitative estimate of drug-likeness (QED) is 0.136. The van der Waals surface area contributed by atoms with Gasteiger partial charge in [0, 0.05) is 0 Å². The minimum absolute atomic E-state index is 0.858. The Kier molecular flexibility index (Phi) is 8.25. The molecule has 6 rings (SSSR count). The Morgan fingerprint density at radius 2 is 1.00 bits per heavy atom. The first-order valence-corrected chi connectivity index (χ1v) is 15.1. The lowest BCUT2D eigenvalue weighted by molar-refractivity contribution is 1.07. The highest BCUT2D eigenvalue weighted by atomic mass is 15.5. The third-order valence-corrected chi connectivity index (χ3v) is 8.03. The number of benzene rings is 5. The molecule has 0 saturated carbocycles. The third-order valence-electron chi connectivity index (χ3n) is 8.03.